The maximum absolute atomic E-state index is 14.7. The van der Waals surface area contributed by atoms with Gasteiger partial charge in [-0.15, -0.1) is 15.2 Å². The largest absolute Gasteiger partial charge is 0.369 e. The van der Waals surface area contributed by atoms with Crippen molar-refractivity contribution in [1.82, 2.24) is 15.5 Å². The normalized spacial score (nSPS) is 18.2. The number of nitriles is 1. The number of halogens is 2. The highest BCUT2D eigenvalue weighted by Crippen LogP contribution is 2.52. The summed E-state index contributed by atoms with van der Waals surface area (Å²) in [6.45, 7) is 2.15. The number of hydrazone groups is 1. The molecule has 1 aliphatic rings. The molecule has 4 rings (SSSR count). The second-order valence-corrected chi connectivity index (χ2v) is 9.40. The number of aromatic nitrogens is 2. The molecule has 0 aliphatic carbocycles. The van der Waals surface area contributed by atoms with Crippen molar-refractivity contribution < 1.29 is 8.78 Å². The highest BCUT2D eigenvalue weighted by atomic mass is 32.2. The topological polar surface area (TPSA) is 116 Å². The van der Waals surface area contributed by atoms with E-state index in [0.717, 1.165) is 28.8 Å². The predicted molar refractivity (Wildman–Crippen MR) is 126 cm³/mol. The highest BCUT2D eigenvalue weighted by molar-refractivity contribution is 8.15. The molecule has 168 valence electrons. The zero-order valence-electron chi connectivity index (χ0n) is 17.4. The average molecular weight is 485 g/mol. The van der Waals surface area contributed by atoms with Crippen LogP contribution in [0.25, 0.3) is 0 Å². The Hall–Kier alpha value is -3.56. The standard InChI is InChI=1S/C21H18F2N8S2/c1-13-28-29-20(32-13)31-21(14-5-3-2-4-6-14,9-10-26-19(25)27-12-24)33-18(30-31)16-11-15(22)7-8-17(16)23/h2-8,11H,9-10H2,1H3,(H3,25,26,27). The van der Waals surface area contributed by atoms with Gasteiger partial charge in [-0.1, -0.05) is 53.4 Å². The molecule has 0 saturated carbocycles. The third kappa shape index (κ3) is 4.64. The van der Waals surface area contributed by atoms with Crippen molar-refractivity contribution in [2.45, 2.75) is 18.2 Å². The van der Waals surface area contributed by atoms with E-state index in [2.05, 4.69) is 25.6 Å². The van der Waals surface area contributed by atoms with Crippen LogP contribution in [-0.2, 0) is 4.87 Å². The molecule has 0 fully saturated rings. The molecule has 2 heterocycles. The summed E-state index contributed by atoms with van der Waals surface area (Å²) in [6.07, 6.45) is 2.04. The Labute approximate surface area is 196 Å². The number of nitrogens with zero attached hydrogens (tertiary/aromatic N) is 6. The van der Waals surface area contributed by atoms with Crippen molar-refractivity contribution in [1.29, 1.82) is 5.26 Å². The molecular formula is C21H18F2N8S2. The van der Waals surface area contributed by atoms with Crippen LogP contribution in [0.3, 0.4) is 0 Å². The van der Waals surface area contributed by atoms with Crippen LogP contribution in [0.4, 0.5) is 13.9 Å². The molecule has 1 aliphatic heterocycles. The number of benzene rings is 2. The Morgan fingerprint density at radius 2 is 2.03 bits per heavy atom. The summed E-state index contributed by atoms with van der Waals surface area (Å²) in [5.74, 6) is -1.16. The van der Waals surface area contributed by atoms with Crippen LogP contribution in [0.1, 0.15) is 22.6 Å². The smallest absolute Gasteiger partial charge is 0.230 e. The molecule has 2 aromatic carbocycles. The fourth-order valence-electron chi connectivity index (χ4n) is 3.37. The number of aliphatic imine (C=N–C) groups is 1. The monoisotopic (exact) mass is 484 g/mol. The summed E-state index contributed by atoms with van der Waals surface area (Å²) in [5.41, 5.74) is 6.64. The Kier molecular flexibility index (Phi) is 6.52. The van der Waals surface area contributed by atoms with Gasteiger partial charge in [-0.25, -0.2) is 13.8 Å². The molecule has 3 N–H and O–H groups in total. The number of thioether (sulfide) groups is 1. The Morgan fingerprint density at radius 1 is 1.24 bits per heavy atom. The molecule has 1 atom stereocenters. The van der Waals surface area contributed by atoms with Crippen molar-refractivity contribution in [2.24, 2.45) is 15.8 Å². The molecule has 0 radical (unpaired) electrons. The number of hydrogen-bond donors (Lipinski definition) is 2. The Morgan fingerprint density at radius 3 is 2.73 bits per heavy atom. The first kappa shape index (κ1) is 22.6. The van der Waals surface area contributed by atoms with Gasteiger partial charge in [-0.2, -0.15) is 10.4 Å². The first-order valence-corrected chi connectivity index (χ1v) is 11.4. The van der Waals surface area contributed by atoms with E-state index >= 15 is 0 Å². The summed E-state index contributed by atoms with van der Waals surface area (Å²) < 4.78 is 28.6. The second kappa shape index (κ2) is 9.51. The summed E-state index contributed by atoms with van der Waals surface area (Å²) >= 11 is 2.62. The van der Waals surface area contributed by atoms with Gasteiger partial charge in [0.2, 0.25) is 17.3 Å². The van der Waals surface area contributed by atoms with Crippen molar-refractivity contribution in [2.75, 3.05) is 11.6 Å². The van der Waals surface area contributed by atoms with Gasteiger partial charge in [-0.3, -0.25) is 0 Å². The van der Waals surface area contributed by atoms with Gasteiger partial charge in [0.1, 0.15) is 26.6 Å². The van der Waals surface area contributed by atoms with Crippen LogP contribution < -0.4 is 16.1 Å². The fraction of sp³-hybridized carbons (Fsp3) is 0.190. The predicted octanol–water partition coefficient (Wildman–Crippen LogP) is 3.67. The number of aryl methyl sites for hydroxylation is 1. The molecule has 0 bridgehead atoms. The number of anilines is 1. The zero-order chi connectivity index (χ0) is 23.4. The lowest BCUT2D eigenvalue weighted by Crippen LogP contribution is -2.42. The van der Waals surface area contributed by atoms with Crippen LogP contribution in [0.15, 0.2) is 58.6 Å². The lowest BCUT2D eigenvalue weighted by Gasteiger charge is -2.35. The first-order valence-electron chi connectivity index (χ1n) is 9.78. The number of guanidine groups is 1. The summed E-state index contributed by atoms with van der Waals surface area (Å²) in [4.78, 5) is 2.60. The number of rotatable bonds is 6. The van der Waals surface area contributed by atoms with Gasteiger partial charge in [0.05, 0.1) is 0 Å². The maximum Gasteiger partial charge on any atom is 0.230 e. The third-order valence-electron chi connectivity index (χ3n) is 4.82. The molecule has 0 spiro atoms. The lowest BCUT2D eigenvalue weighted by atomic mass is 10.0. The van der Waals surface area contributed by atoms with Gasteiger partial charge >= 0.3 is 0 Å². The van der Waals surface area contributed by atoms with E-state index in [1.807, 2.05) is 37.3 Å². The number of nitrogens with two attached hydrogens (primary N) is 1. The molecule has 12 heteroatoms. The molecule has 8 nitrogen and oxygen atoms in total. The van der Waals surface area contributed by atoms with Gasteiger partial charge in [0, 0.05) is 18.5 Å². The minimum atomic E-state index is -0.874. The molecule has 0 amide bonds. The van der Waals surface area contributed by atoms with E-state index in [4.69, 9.17) is 11.0 Å². The van der Waals surface area contributed by atoms with E-state index in [9.17, 15) is 8.78 Å². The lowest BCUT2D eigenvalue weighted by molar-refractivity contribution is 0.537. The van der Waals surface area contributed by atoms with Crippen molar-refractivity contribution in [3.05, 3.63) is 76.3 Å². The molecular weight excluding hydrogens is 466 g/mol. The molecule has 1 unspecified atom stereocenters. The van der Waals surface area contributed by atoms with Crippen LogP contribution in [-0.4, -0.2) is 27.7 Å². The van der Waals surface area contributed by atoms with Crippen LogP contribution >= 0.6 is 23.1 Å². The summed E-state index contributed by atoms with van der Waals surface area (Å²) in [6, 6.07) is 12.8. The fourth-order valence-corrected chi connectivity index (χ4v) is 5.52. The summed E-state index contributed by atoms with van der Waals surface area (Å²) in [5, 5.41) is 27.9. The molecule has 3 aromatic rings. The van der Waals surface area contributed by atoms with E-state index in [-0.39, 0.29) is 11.5 Å². The molecule has 33 heavy (non-hydrogen) atoms. The van der Waals surface area contributed by atoms with Crippen LogP contribution in [0.2, 0.25) is 0 Å². The number of hydrogen-bond acceptors (Lipinski definition) is 8. The zero-order valence-corrected chi connectivity index (χ0v) is 19.0. The first-order chi connectivity index (χ1) is 15.9. The van der Waals surface area contributed by atoms with Crippen molar-refractivity contribution >= 4 is 39.2 Å². The Balaban J connectivity index is 1.81. The molecule has 1 aromatic heterocycles. The number of nitrogens with one attached hydrogen (secondary N) is 1. The third-order valence-corrected chi connectivity index (χ3v) is 7.08. The van der Waals surface area contributed by atoms with E-state index < -0.39 is 16.5 Å². The average Bonchev–Trinajstić information content (AvgIpc) is 3.40. The Bertz CT molecular complexity index is 1250. The van der Waals surface area contributed by atoms with Crippen LogP contribution in [0, 0.1) is 30.0 Å². The maximum atomic E-state index is 14.7. The highest BCUT2D eigenvalue weighted by Gasteiger charge is 2.48. The van der Waals surface area contributed by atoms with E-state index in [0.29, 0.717) is 23.1 Å². The van der Waals surface area contributed by atoms with Gasteiger partial charge < -0.3 is 11.1 Å². The quantitative estimate of drug-likeness (QED) is 0.312. The minimum absolute atomic E-state index is 0.0145. The van der Waals surface area contributed by atoms with Gasteiger partial charge in [0.25, 0.3) is 0 Å². The summed E-state index contributed by atoms with van der Waals surface area (Å²) in [7, 11) is 0. The van der Waals surface area contributed by atoms with E-state index in [1.54, 1.807) is 11.2 Å². The van der Waals surface area contributed by atoms with Gasteiger partial charge in [0.15, 0.2) is 0 Å². The van der Waals surface area contributed by atoms with Gasteiger partial charge in [-0.05, 0) is 30.7 Å². The SMILES string of the molecule is Cc1nnc(N2N=C(c3cc(F)ccc3F)SC2(CCNC(N)=NC#N)c2ccccc2)s1. The van der Waals surface area contributed by atoms with E-state index in [1.165, 1.54) is 23.1 Å². The van der Waals surface area contributed by atoms with Crippen molar-refractivity contribution in [3.63, 3.8) is 0 Å². The second-order valence-electron chi connectivity index (χ2n) is 6.97. The molecule has 0 saturated heterocycles. The van der Waals surface area contributed by atoms with Crippen molar-refractivity contribution in [3.8, 4) is 6.19 Å². The minimum Gasteiger partial charge on any atom is -0.369 e. The van der Waals surface area contributed by atoms with Crippen LogP contribution in [0.5, 0.6) is 0 Å².